The van der Waals surface area contributed by atoms with Crippen LogP contribution in [0.3, 0.4) is 0 Å². The van der Waals surface area contributed by atoms with Crippen molar-refractivity contribution < 1.29 is 24.3 Å². The van der Waals surface area contributed by atoms with Gasteiger partial charge in [-0.1, -0.05) is 89.3 Å². The van der Waals surface area contributed by atoms with Crippen molar-refractivity contribution >= 4 is 46.5 Å². The number of carbonyl (C=O) groups is 4. The molecule has 2 aromatic heterocycles. The number of anilines is 2. The van der Waals surface area contributed by atoms with E-state index in [1.807, 2.05) is 69.3 Å². The SMILES string of the molecule is Cc1ncsc1-c1ccc([C@H](C)NC(=O)[C@@H]2CCCN2C(=O)[C@@H](NC(=O)CCCCCCCCCC(=O)N2CCN(c3cc(-c4ccccc4O)nnc3N)CC2)C(C)(C)C)cc1. The first kappa shape index (κ1) is 46.9. The largest absolute Gasteiger partial charge is 0.507 e. The van der Waals surface area contributed by atoms with Crippen molar-refractivity contribution in [1.29, 1.82) is 0 Å². The molecule has 4 aromatic rings. The number of thiazole rings is 1. The number of aromatic nitrogens is 3. The Labute approximate surface area is 376 Å². The number of para-hydroxylation sites is 1. The summed E-state index contributed by atoms with van der Waals surface area (Å²) in [6, 6.07) is 15.4. The average Bonchev–Trinajstić information content (AvgIpc) is 3.94. The van der Waals surface area contributed by atoms with Crippen molar-refractivity contribution in [3.63, 3.8) is 0 Å². The molecule has 15 heteroatoms. The number of nitrogens with two attached hydrogens (primary N) is 1. The first-order chi connectivity index (χ1) is 30.2. The number of aryl methyl sites for hydroxylation is 1. The molecule has 2 aliphatic rings. The fraction of sp³-hybridized carbons (Fsp3) is 0.521. The number of hydrogen-bond acceptors (Lipinski definition) is 11. The third kappa shape index (κ3) is 12.3. The Kier molecular flexibility index (Phi) is 16.1. The minimum absolute atomic E-state index is 0.127. The first-order valence-electron chi connectivity index (χ1n) is 22.6. The van der Waals surface area contributed by atoms with Crippen LogP contribution in [0.15, 0.2) is 60.1 Å². The predicted molar refractivity (Wildman–Crippen MR) is 249 cm³/mol. The lowest BCUT2D eigenvalue weighted by atomic mass is 9.85. The Balaban J connectivity index is 0.854. The second-order valence-electron chi connectivity index (χ2n) is 18.0. The molecule has 2 aromatic carbocycles. The van der Waals surface area contributed by atoms with Gasteiger partial charge in [0.05, 0.1) is 33.5 Å². The molecule has 0 saturated carbocycles. The van der Waals surface area contributed by atoms with Crippen molar-refractivity contribution in [2.24, 2.45) is 5.41 Å². The summed E-state index contributed by atoms with van der Waals surface area (Å²) in [7, 11) is 0. The molecule has 63 heavy (non-hydrogen) atoms. The number of amides is 4. The van der Waals surface area contributed by atoms with Gasteiger partial charge in [0.2, 0.25) is 23.6 Å². The highest BCUT2D eigenvalue weighted by Gasteiger charge is 2.42. The zero-order valence-electron chi connectivity index (χ0n) is 37.6. The van der Waals surface area contributed by atoms with E-state index in [9.17, 15) is 24.3 Å². The van der Waals surface area contributed by atoms with Crippen LogP contribution in [-0.2, 0) is 19.2 Å². The normalized spacial score (nSPS) is 16.5. The molecule has 0 bridgehead atoms. The van der Waals surface area contributed by atoms with Gasteiger partial charge in [-0.25, -0.2) is 4.98 Å². The number of piperazine rings is 1. The summed E-state index contributed by atoms with van der Waals surface area (Å²) >= 11 is 1.61. The van der Waals surface area contributed by atoms with Crippen molar-refractivity contribution in [2.45, 2.75) is 123 Å². The van der Waals surface area contributed by atoms with Crippen molar-refractivity contribution in [2.75, 3.05) is 43.4 Å². The summed E-state index contributed by atoms with van der Waals surface area (Å²) in [5.74, 6) is 0.0827. The van der Waals surface area contributed by atoms with E-state index in [0.29, 0.717) is 69.1 Å². The Morgan fingerprint density at radius 3 is 2.19 bits per heavy atom. The molecule has 0 unspecified atom stereocenters. The molecule has 5 N–H and O–H groups in total. The molecule has 6 rings (SSSR count). The second-order valence-corrected chi connectivity index (χ2v) is 18.9. The van der Waals surface area contributed by atoms with Crippen molar-refractivity contribution in [1.82, 2.24) is 35.6 Å². The number of benzene rings is 2. The van der Waals surface area contributed by atoms with Gasteiger partial charge in [-0.2, -0.15) is 0 Å². The average molecular weight is 880 g/mol. The highest BCUT2D eigenvalue weighted by molar-refractivity contribution is 7.13. The van der Waals surface area contributed by atoms with Crippen LogP contribution in [0.2, 0.25) is 0 Å². The van der Waals surface area contributed by atoms with Gasteiger partial charge >= 0.3 is 0 Å². The number of phenols is 1. The molecule has 338 valence electrons. The zero-order valence-corrected chi connectivity index (χ0v) is 38.4. The number of carbonyl (C=O) groups excluding carboxylic acids is 4. The lowest BCUT2D eigenvalue weighted by Crippen LogP contribution is -2.57. The van der Waals surface area contributed by atoms with Crippen LogP contribution in [0.5, 0.6) is 5.75 Å². The van der Waals surface area contributed by atoms with Gasteiger partial charge in [0.15, 0.2) is 5.82 Å². The molecule has 2 saturated heterocycles. The van der Waals surface area contributed by atoms with Crippen LogP contribution < -0.4 is 21.3 Å². The summed E-state index contributed by atoms with van der Waals surface area (Å²) < 4.78 is 0. The highest BCUT2D eigenvalue weighted by Crippen LogP contribution is 2.33. The number of nitrogens with zero attached hydrogens (tertiary/aromatic N) is 6. The topological polar surface area (TPSA) is 187 Å². The van der Waals surface area contributed by atoms with Gasteiger partial charge in [0.25, 0.3) is 0 Å². The van der Waals surface area contributed by atoms with Crippen LogP contribution in [0.25, 0.3) is 21.7 Å². The van der Waals surface area contributed by atoms with E-state index in [0.717, 1.165) is 78.8 Å². The van der Waals surface area contributed by atoms with E-state index in [-0.39, 0.29) is 35.4 Å². The smallest absolute Gasteiger partial charge is 0.246 e. The molecular formula is C48H65N9O5S. The van der Waals surface area contributed by atoms with Crippen LogP contribution in [0.1, 0.15) is 116 Å². The molecule has 2 fully saturated rings. The fourth-order valence-electron chi connectivity index (χ4n) is 8.51. The summed E-state index contributed by atoms with van der Waals surface area (Å²) in [4.78, 5) is 65.0. The Morgan fingerprint density at radius 2 is 1.54 bits per heavy atom. The lowest BCUT2D eigenvalue weighted by Gasteiger charge is -2.36. The van der Waals surface area contributed by atoms with E-state index in [2.05, 4.69) is 42.8 Å². The lowest BCUT2D eigenvalue weighted by molar-refractivity contribution is -0.144. The van der Waals surface area contributed by atoms with E-state index in [1.54, 1.807) is 34.4 Å². The van der Waals surface area contributed by atoms with Crippen LogP contribution in [-0.4, -0.2) is 98.5 Å². The number of hydrogen-bond donors (Lipinski definition) is 4. The Hall–Kier alpha value is -5.57. The first-order valence-corrected chi connectivity index (χ1v) is 23.4. The number of unbranched alkanes of at least 4 members (excludes halogenated alkanes) is 6. The van der Waals surface area contributed by atoms with Crippen molar-refractivity contribution in [3.05, 3.63) is 71.4 Å². The maximum absolute atomic E-state index is 14.0. The molecular weight excluding hydrogens is 815 g/mol. The summed E-state index contributed by atoms with van der Waals surface area (Å²) in [5.41, 5.74) is 12.4. The number of nitrogens with one attached hydrogen (secondary N) is 2. The van der Waals surface area contributed by atoms with Crippen LogP contribution in [0.4, 0.5) is 11.5 Å². The number of likely N-dealkylation sites (tertiary alicyclic amines) is 1. The maximum Gasteiger partial charge on any atom is 0.246 e. The molecule has 14 nitrogen and oxygen atoms in total. The van der Waals surface area contributed by atoms with E-state index >= 15 is 0 Å². The standard InChI is InChI=1S/C48H65N9O5S/c1-32(34-21-23-35(24-22-34)43-33(2)50-31-63-43)51-46(61)38-17-15-25-57(38)47(62)44(48(3,4)5)52-41(59)19-11-9-7-6-8-10-12-20-42(60)56-28-26-55(27-29-56)39-30-37(53-54-45(39)49)36-16-13-14-18-40(36)58/h13-14,16,18,21-24,30-32,38,44,58H,6-12,15,17,19-20,25-29H2,1-5H3,(H2,49,54)(H,51,61)(H,52,59)/t32-,38-,44+/m0/s1. The van der Waals surface area contributed by atoms with Gasteiger partial charge in [-0.15, -0.1) is 21.5 Å². The van der Waals surface area contributed by atoms with Gasteiger partial charge in [-0.05, 0) is 74.3 Å². The summed E-state index contributed by atoms with van der Waals surface area (Å²) in [5, 5.41) is 24.7. The zero-order chi connectivity index (χ0) is 45.1. The van der Waals surface area contributed by atoms with E-state index in [4.69, 9.17) is 5.73 Å². The molecule has 2 aliphatic heterocycles. The highest BCUT2D eigenvalue weighted by atomic mass is 32.1. The molecule has 0 radical (unpaired) electrons. The second kappa shape index (κ2) is 21.7. The van der Waals surface area contributed by atoms with E-state index < -0.39 is 17.5 Å². The number of aromatic hydroxyl groups is 1. The molecule has 4 amide bonds. The third-order valence-corrected chi connectivity index (χ3v) is 13.3. The summed E-state index contributed by atoms with van der Waals surface area (Å²) in [6.07, 6.45) is 8.71. The van der Waals surface area contributed by atoms with Gasteiger partial charge in [0.1, 0.15) is 17.8 Å². The quantitative estimate of drug-likeness (QED) is 0.0733. The summed E-state index contributed by atoms with van der Waals surface area (Å²) in [6.45, 7) is 12.7. The van der Waals surface area contributed by atoms with Crippen LogP contribution >= 0.6 is 11.3 Å². The molecule has 3 atom stereocenters. The molecule has 0 aliphatic carbocycles. The third-order valence-electron chi connectivity index (χ3n) is 12.3. The molecule has 4 heterocycles. The molecule has 0 spiro atoms. The minimum Gasteiger partial charge on any atom is -0.507 e. The Morgan fingerprint density at radius 1 is 0.873 bits per heavy atom. The number of rotatable bonds is 18. The fourth-order valence-corrected chi connectivity index (χ4v) is 9.32. The minimum atomic E-state index is -0.744. The predicted octanol–water partition coefficient (Wildman–Crippen LogP) is 7.42. The number of phenolic OH excluding ortho intramolecular Hbond substituents is 1. The monoisotopic (exact) mass is 879 g/mol. The van der Waals surface area contributed by atoms with Gasteiger partial charge in [0, 0.05) is 51.1 Å². The van der Waals surface area contributed by atoms with Gasteiger partial charge < -0.3 is 36.2 Å². The van der Waals surface area contributed by atoms with E-state index in [1.165, 1.54) is 0 Å². The number of nitrogen functional groups attached to an aromatic ring is 1. The van der Waals surface area contributed by atoms with Gasteiger partial charge in [-0.3, -0.25) is 19.2 Å². The maximum atomic E-state index is 14.0. The van der Waals surface area contributed by atoms with Crippen LogP contribution in [0, 0.1) is 12.3 Å². The van der Waals surface area contributed by atoms with Crippen molar-refractivity contribution in [3.8, 4) is 27.4 Å². The Bertz CT molecular complexity index is 2180.